The van der Waals surface area contributed by atoms with E-state index in [1.165, 1.54) is 0 Å². The second kappa shape index (κ2) is 5.22. The van der Waals surface area contributed by atoms with Gasteiger partial charge in [0.05, 0.1) is 12.0 Å². The molecule has 4 nitrogen and oxygen atoms in total. The van der Waals surface area contributed by atoms with Gasteiger partial charge < -0.3 is 9.73 Å². The predicted molar refractivity (Wildman–Crippen MR) is 72.6 cm³/mol. The van der Waals surface area contributed by atoms with Crippen LogP contribution in [0.5, 0.6) is 0 Å². The van der Waals surface area contributed by atoms with Gasteiger partial charge in [0.1, 0.15) is 0 Å². The van der Waals surface area contributed by atoms with Crippen molar-refractivity contribution in [3.8, 4) is 10.8 Å². The Labute approximate surface area is 111 Å². The highest BCUT2D eigenvalue weighted by molar-refractivity contribution is 7.13. The molecule has 1 aliphatic rings. The molecule has 0 amide bonds. The Bertz CT molecular complexity index is 494. The average molecular weight is 263 g/mol. The molecule has 0 aliphatic carbocycles. The SMILES string of the molecule is CC1CN(Cc2csc(-c3ccco3)n2)CCN1. The maximum Gasteiger partial charge on any atom is 0.162 e. The molecule has 0 spiro atoms. The van der Waals surface area contributed by atoms with E-state index in [1.807, 2.05) is 12.1 Å². The lowest BCUT2D eigenvalue weighted by Crippen LogP contribution is -2.48. The highest BCUT2D eigenvalue weighted by Crippen LogP contribution is 2.24. The number of nitrogens with one attached hydrogen (secondary N) is 1. The Morgan fingerprint density at radius 2 is 2.56 bits per heavy atom. The van der Waals surface area contributed by atoms with Gasteiger partial charge in [-0.25, -0.2) is 4.98 Å². The molecule has 3 heterocycles. The molecule has 1 aliphatic heterocycles. The van der Waals surface area contributed by atoms with Crippen LogP contribution in [0.1, 0.15) is 12.6 Å². The molecule has 96 valence electrons. The van der Waals surface area contributed by atoms with Gasteiger partial charge >= 0.3 is 0 Å². The van der Waals surface area contributed by atoms with Gasteiger partial charge in [-0.05, 0) is 19.1 Å². The zero-order chi connectivity index (χ0) is 12.4. The number of hydrogen-bond acceptors (Lipinski definition) is 5. The summed E-state index contributed by atoms with van der Waals surface area (Å²) < 4.78 is 5.36. The van der Waals surface area contributed by atoms with Crippen molar-refractivity contribution in [3.05, 3.63) is 29.5 Å². The van der Waals surface area contributed by atoms with Crippen molar-refractivity contribution in [2.24, 2.45) is 0 Å². The summed E-state index contributed by atoms with van der Waals surface area (Å²) in [6, 6.07) is 4.42. The molecule has 1 atom stereocenters. The van der Waals surface area contributed by atoms with Gasteiger partial charge in [0.25, 0.3) is 0 Å². The molecule has 2 aromatic heterocycles. The molecule has 18 heavy (non-hydrogen) atoms. The molecule has 1 saturated heterocycles. The van der Waals surface area contributed by atoms with Crippen molar-refractivity contribution < 1.29 is 4.42 Å². The highest BCUT2D eigenvalue weighted by Gasteiger charge is 2.17. The predicted octanol–water partition coefficient (Wildman–Crippen LogP) is 2.20. The minimum absolute atomic E-state index is 0.571. The van der Waals surface area contributed by atoms with Crippen molar-refractivity contribution in [2.45, 2.75) is 19.5 Å². The summed E-state index contributed by atoms with van der Waals surface area (Å²) in [6.07, 6.45) is 1.69. The molecule has 0 radical (unpaired) electrons. The van der Waals surface area contributed by atoms with Crippen LogP contribution in [0.4, 0.5) is 0 Å². The monoisotopic (exact) mass is 263 g/mol. The van der Waals surface area contributed by atoms with Crippen LogP contribution in [0.15, 0.2) is 28.2 Å². The Hall–Kier alpha value is -1.17. The van der Waals surface area contributed by atoms with Crippen LogP contribution in [-0.2, 0) is 6.54 Å². The fourth-order valence-corrected chi connectivity index (χ4v) is 3.06. The number of nitrogens with zero attached hydrogens (tertiary/aromatic N) is 2. The molecule has 0 saturated carbocycles. The van der Waals surface area contributed by atoms with Gasteiger partial charge in [0, 0.05) is 37.6 Å². The number of hydrogen-bond donors (Lipinski definition) is 1. The third kappa shape index (κ3) is 2.63. The van der Waals surface area contributed by atoms with E-state index in [4.69, 9.17) is 4.42 Å². The van der Waals surface area contributed by atoms with Gasteiger partial charge in [-0.15, -0.1) is 11.3 Å². The third-order valence-electron chi connectivity index (χ3n) is 3.12. The molecule has 2 aromatic rings. The van der Waals surface area contributed by atoms with Crippen LogP contribution in [-0.4, -0.2) is 35.6 Å². The maximum atomic E-state index is 5.36. The first-order valence-electron chi connectivity index (χ1n) is 6.25. The van der Waals surface area contributed by atoms with E-state index < -0.39 is 0 Å². The largest absolute Gasteiger partial charge is 0.462 e. The number of thiazole rings is 1. The Morgan fingerprint density at radius 3 is 3.33 bits per heavy atom. The Morgan fingerprint density at radius 1 is 1.61 bits per heavy atom. The van der Waals surface area contributed by atoms with E-state index in [0.29, 0.717) is 6.04 Å². The summed E-state index contributed by atoms with van der Waals surface area (Å²) in [5, 5.41) is 6.55. The Kier molecular flexibility index (Phi) is 3.45. The molecule has 1 N–H and O–H groups in total. The lowest BCUT2D eigenvalue weighted by atomic mass is 10.2. The summed E-state index contributed by atoms with van der Waals surface area (Å²) in [4.78, 5) is 7.08. The van der Waals surface area contributed by atoms with Crippen LogP contribution in [0.2, 0.25) is 0 Å². The zero-order valence-electron chi connectivity index (χ0n) is 10.4. The van der Waals surface area contributed by atoms with E-state index in [1.54, 1.807) is 17.6 Å². The first kappa shape index (κ1) is 11.9. The molecular formula is C13H17N3OS. The van der Waals surface area contributed by atoms with Crippen molar-refractivity contribution >= 4 is 11.3 Å². The van der Waals surface area contributed by atoms with Crippen molar-refractivity contribution in [1.82, 2.24) is 15.2 Å². The third-order valence-corrected chi connectivity index (χ3v) is 4.03. The van der Waals surface area contributed by atoms with Crippen molar-refractivity contribution in [1.29, 1.82) is 0 Å². The summed E-state index contributed by atoms with van der Waals surface area (Å²) in [5.74, 6) is 0.861. The van der Waals surface area contributed by atoms with E-state index in [2.05, 4.69) is 27.5 Å². The number of piperazine rings is 1. The number of rotatable bonds is 3. The van der Waals surface area contributed by atoms with E-state index in [0.717, 1.165) is 42.6 Å². The minimum atomic E-state index is 0.571. The molecule has 3 rings (SSSR count). The maximum absolute atomic E-state index is 5.36. The van der Waals surface area contributed by atoms with Gasteiger partial charge in [0.15, 0.2) is 10.8 Å². The quantitative estimate of drug-likeness (QED) is 0.921. The van der Waals surface area contributed by atoms with Crippen LogP contribution in [0.3, 0.4) is 0 Å². The molecule has 0 aromatic carbocycles. The van der Waals surface area contributed by atoms with E-state index >= 15 is 0 Å². The topological polar surface area (TPSA) is 41.3 Å². The van der Waals surface area contributed by atoms with E-state index in [-0.39, 0.29) is 0 Å². The van der Waals surface area contributed by atoms with Gasteiger partial charge in [-0.2, -0.15) is 0 Å². The smallest absolute Gasteiger partial charge is 0.162 e. The minimum Gasteiger partial charge on any atom is -0.462 e. The van der Waals surface area contributed by atoms with E-state index in [9.17, 15) is 0 Å². The molecule has 1 unspecified atom stereocenters. The summed E-state index contributed by atoms with van der Waals surface area (Å²) >= 11 is 1.65. The standard InChI is InChI=1S/C13H17N3OS/c1-10-7-16(5-4-14-10)8-11-9-18-13(15-11)12-3-2-6-17-12/h2-3,6,9-10,14H,4-5,7-8H2,1H3. The van der Waals surface area contributed by atoms with Crippen molar-refractivity contribution in [2.75, 3.05) is 19.6 Å². The number of aromatic nitrogens is 1. The fraction of sp³-hybridized carbons (Fsp3) is 0.462. The first-order valence-corrected chi connectivity index (χ1v) is 7.13. The molecule has 5 heteroatoms. The fourth-order valence-electron chi connectivity index (χ4n) is 2.28. The zero-order valence-corrected chi connectivity index (χ0v) is 11.2. The van der Waals surface area contributed by atoms with Crippen LogP contribution >= 0.6 is 11.3 Å². The van der Waals surface area contributed by atoms with Crippen LogP contribution in [0.25, 0.3) is 10.8 Å². The Balaban J connectivity index is 1.66. The van der Waals surface area contributed by atoms with Gasteiger partial charge in [0.2, 0.25) is 0 Å². The molecule has 1 fully saturated rings. The second-order valence-electron chi connectivity index (χ2n) is 4.71. The first-order chi connectivity index (χ1) is 8.81. The normalized spacial score (nSPS) is 21.3. The summed E-state index contributed by atoms with van der Waals surface area (Å²) in [7, 11) is 0. The summed E-state index contributed by atoms with van der Waals surface area (Å²) in [5.41, 5.74) is 1.14. The second-order valence-corrected chi connectivity index (χ2v) is 5.57. The van der Waals surface area contributed by atoms with Crippen molar-refractivity contribution in [3.63, 3.8) is 0 Å². The highest BCUT2D eigenvalue weighted by atomic mass is 32.1. The number of furan rings is 1. The molecular weight excluding hydrogens is 246 g/mol. The lowest BCUT2D eigenvalue weighted by Gasteiger charge is -2.31. The average Bonchev–Trinajstić information content (AvgIpc) is 2.98. The summed E-state index contributed by atoms with van der Waals surface area (Å²) in [6.45, 7) is 6.41. The molecule has 0 bridgehead atoms. The lowest BCUT2D eigenvalue weighted by molar-refractivity contribution is 0.198. The van der Waals surface area contributed by atoms with Gasteiger partial charge in [-0.3, -0.25) is 4.90 Å². The van der Waals surface area contributed by atoms with Crippen LogP contribution < -0.4 is 5.32 Å². The van der Waals surface area contributed by atoms with Gasteiger partial charge in [-0.1, -0.05) is 0 Å². The van der Waals surface area contributed by atoms with Crippen LogP contribution in [0, 0.1) is 0 Å².